The molecule has 0 radical (unpaired) electrons. The van der Waals surface area contributed by atoms with Gasteiger partial charge in [0.05, 0.1) is 4.90 Å². The maximum atomic E-state index is 12.2. The first kappa shape index (κ1) is 19.0. The van der Waals surface area contributed by atoms with Crippen LogP contribution in [0.15, 0.2) is 59.5 Å². The van der Waals surface area contributed by atoms with Gasteiger partial charge in [-0.05, 0) is 57.2 Å². The van der Waals surface area contributed by atoms with Crippen molar-refractivity contribution in [2.24, 2.45) is 0 Å². The Kier molecular flexibility index (Phi) is 5.81. The first-order valence-electron chi connectivity index (χ1n) is 7.77. The van der Waals surface area contributed by atoms with Crippen LogP contribution in [0.1, 0.15) is 20.8 Å². The quantitative estimate of drug-likeness (QED) is 0.827. The number of amides is 1. The fourth-order valence-corrected chi connectivity index (χ4v) is 3.46. The van der Waals surface area contributed by atoms with Gasteiger partial charge in [0, 0.05) is 11.2 Å². The van der Waals surface area contributed by atoms with Gasteiger partial charge in [0.15, 0.2) is 6.61 Å². The summed E-state index contributed by atoms with van der Waals surface area (Å²) in [6.07, 6.45) is 0. The maximum absolute atomic E-state index is 12.2. The molecule has 2 N–H and O–H groups in total. The molecule has 0 atom stereocenters. The van der Waals surface area contributed by atoms with Gasteiger partial charge in [0.25, 0.3) is 5.91 Å². The van der Waals surface area contributed by atoms with Crippen molar-refractivity contribution in [2.45, 2.75) is 31.2 Å². The molecule has 0 unspecified atom stereocenters. The van der Waals surface area contributed by atoms with Crippen LogP contribution in [0.5, 0.6) is 5.75 Å². The van der Waals surface area contributed by atoms with Gasteiger partial charge < -0.3 is 10.1 Å². The highest BCUT2D eigenvalue weighted by molar-refractivity contribution is 7.89. The Hall–Kier alpha value is -2.38. The number of carbonyl (C=O) groups excluding carboxylic acids is 1. The largest absolute Gasteiger partial charge is 0.484 e. The van der Waals surface area contributed by atoms with Gasteiger partial charge in [-0.3, -0.25) is 4.79 Å². The van der Waals surface area contributed by atoms with Gasteiger partial charge in [-0.15, -0.1) is 0 Å². The number of para-hydroxylation sites is 1. The molecule has 0 fully saturated rings. The molecule has 0 saturated carbocycles. The standard InChI is InChI=1S/C18H22N2O4S/c1-18(2,3)20-25(22,23)16-11-9-14(10-12-16)19-17(21)13-24-15-7-5-4-6-8-15/h4-12,20H,13H2,1-3H3,(H,19,21). The molecule has 0 aromatic heterocycles. The zero-order valence-electron chi connectivity index (χ0n) is 14.4. The Balaban J connectivity index is 1.95. The number of anilines is 1. The third kappa shape index (κ3) is 6.21. The van der Waals surface area contributed by atoms with Crippen molar-refractivity contribution in [3.8, 4) is 5.75 Å². The van der Waals surface area contributed by atoms with Crippen LogP contribution in [0.25, 0.3) is 0 Å². The van der Waals surface area contributed by atoms with Crippen LogP contribution >= 0.6 is 0 Å². The summed E-state index contributed by atoms with van der Waals surface area (Å²) < 4.78 is 32.4. The highest BCUT2D eigenvalue weighted by Crippen LogP contribution is 2.16. The molecule has 2 aromatic carbocycles. The molecule has 0 spiro atoms. The van der Waals surface area contributed by atoms with E-state index in [9.17, 15) is 13.2 Å². The lowest BCUT2D eigenvalue weighted by molar-refractivity contribution is -0.118. The number of carbonyl (C=O) groups is 1. The average Bonchev–Trinajstić information content (AvgIpc) is 2.52. The molecule has 25 heavy (non-hydrogen) atoms. The second-order valence-electron chi connectivity index (χ2n) is 6.53. The van der Waals surface area contributed by atoms with E-state index in [2.05, 4.69) is 10.0 Å². The third-order valence-corrected chi connectivity index (χ3v) is 4.78. The van der Waals surface area contributed by atoms with E-state index < -0.39 is 15.6 Å². The van der Waals surface area contributed by atoms with E-state index in [0.29, 0.717) is 11.4 Å². The van der Waals surface area contributed by atoms with E-state index in [1.165, 1.54) is 24.3 Å². The van der Waals surface area contributed by atoms with Gasteiger partial charge in [-0.1, -0.05) is 18.2 Å². The molecule has 0 bridgehead atoms. The molecule has 1 amide bonds. The van der Waals surface area contributed by atoms with E-state index in [-0.39, 0.29) is 17.4 Å². The van der Waals surface area contributed by atoms with Crippen LogP contribution in [0.2, 0.25) is 0 Å². The van der Waals surface area contributed by atoms with E-state index in [4.69, 9.17) is 4.74 Å². The van der Waals surface area contributed by atoms with Crippen LogP contribution in [-0.4, -0.2) is 26.5 Å². The fraction of sp³-hybridized carbons (Fsp3) is 0.278. The van der Waals surface area contributed by atoms with Crippen LogP contribution < -0.4 is 14.8 Å². The summed E-state index contributed by atoms with van der Waals surface area (Å²) in [4.78, 5) is 12.0. The minimum Gasteiger partial charge on any atom is -0.484 e. The number of rotatable bonds is 6. The van der Waals surface area contributed by atoms with Crippen LogP contribution in [-0.2, 0) is 14.8 Å². The van der Waals surface area contributed by atoms with Crippen molar-refractivity contribution in [3.63, 3.8) is 0 Å². The molecule has 2 rings (SSSR count). The molecule has 2 aromatic rings. The summed E-state index contributed by atoms with van der Waals surface area (Å²) in [5, 5.41) is 2.66. The van der Waals surface area contributed by atoms with Gasteiger partial charge in [0.1, 0.15) is 5.75 Å². The minimum atomic E-state index is -3.60. The van der Waals surface area contributed by atoms with Crippen molar-refractivity contribution in [2.75, 3.05) is 11.9 Å². The van der Waals surface area contributed by atoms with Crippen molar-refractivity contribution >= 4 is 21.6 Å². The van der Waals surface area contributed by atoms with Crippen LogP contribution in [0, 0.1) is 0 Å². The van der Waals surface area contributed by atoms with Crippen LogP contribution in [0.4, 0.5) is 5.69 Å². The van der Waals surface area contributed by atoms with Crippen molar-refractivity contribution in [3.05, 3.63) is 54.6 Å². The smallest absolute Gasteiger partial charge is 0.262 e. The molecule has 6 nitrogen and oxygen atoms in total. The minimum absolute atomic E-state index is 0.129. The highest BCUT2D eigenvalue weighted by atomic mass is 32.2. The van der Waals surface area contributed by atoms with Gasteiger partial charge >= 0.3 is 0 Å². The van der Waals surface area contributed by atoms with E-state index in [0.717, 1.165) is 0 Å². The van der Waals surface area contributed by atoms with E-state index in [1.54, 1.807) is 32.9 Å². The average molecular weight is 362 g/mol. The number of hydrogen-bond acceptors (Lipinski definition) is 4. The molecule has 0 aliphatic carbocycles. The zero-order chi connectivity index (χ0) is 18.5. The van der Waals surface area contributed by atoms with Crippen molar-refractivity contribution in [1.29, 1.82) is 0 Å². The van der Waals surface area contributed by atoms with Crippen molar-refractivity contribution in [1.82, 2.24) is 4.72 Å². The second kappa shape index (κ2) is 7.67. The summed E-state index contributed by atoms with van der Waals surface area (Å²) >= 11 is 0. The van der Waals surface area contributed by atoms with Gasteiger partial charge in [-0.2, -0.15) is 0 Å². The monoisotopic (exact) mass is 362 g/mol. The van der Waals surface area contributed by atoms with E-state index >= 15 is 0 Å². The van der Waals surface area contributed by atoms with Gasteiger partial charge in [0.2, 0.25) is 10.0 Å². The second-order valence-corrected chi connectivity index (χ2v) is 8.21. The highest BCUT2D eigenvalue weighted by Gasteiger charge is 2.21. The first-order chi connectivity index (χ1) is 11.7. The topological polar surface area (TPSA) is 84.5 Å². The first-order valence-corrected chi connectivity index (χ1v) is 9.26. The number of nitrogens with one attached hydrogen (secondary N) is 2. The Bertz CT molecular complexity index is 810. The molecule has 0 heterocycles. The van der Waals surface area contributed by atoms with Crippen molar-refractivity contribution < 1.29 is 17.9 Å². The number of sulfonamides is 1. The summed E-state index contributed by atoms with van der Waals surface area (Å²) in [6.45, 7) is 5.18. The Morgan fingerprint density at radius 2 is 1.60 bits per heavy atom. The SMILES string of the molecule is CC(C)(C)NS(=O)(=O)c1ccc(NC(=O)COc2ccccc2)cc1. The lowest BCUT2D eigenvalue weighted by Crippen LogP contribution is -2.40. The van der Waals surface area contributed by atoms with Crippen LogP contribution in [0.3, 0.4) is 0 Å². The Labute approximate surface area is 148 Å². The summed E-state index contributed by atoms with van der Waals surface area (Å²) in [5.41, 5.74) is -0.0723. The Morgan fingerprint density at radius 3 is 2.16 bits per heavy atom. The summed E-state index contributed by atoms with van der Waals surface area (Å²) in [6, 6.07) is 15.0. The zero-order valence-corrected chi connectivity index (χ0v) is 15.3. The fourth-order valence-electron chi connectivity index (χ4n) is 2.04. The third-order valence-electron chi connectivity index (χ3n) is 3.00. The summed E-state index contributed by atoms with van der Waals surface area (Å²) in [7, 11) is -3.60. The molecular weight excluding hydrogens is 340 g/mol. The number of benzene rings is 2. The predicted molar refractivity (Wildman–Crippen MR) is 97.1 cm³/mol. The predicted octanol–water partition coefficient (Wildman–Crippen LogP) is 2.78. The van der Waals surface area contributed by atoms with Gasteiger partial charge in [-0.25, -0.2) is 13.1 Å². The molecule has 7 heteroatoms. The lowest BCUT2D eigenvalue weighted by atomic mass is 10.1. The normalized spacial score (nSPS) is 11.8. The molecule has 0 saturated heterocycles. The molecule has 134 valence electrons. The molecule has 0 aliphatic heterocycles. The molecular formula is C18H22N2O4S. The molecule has 0 aliphatic rings. The van der Waals surface area contributed by atoms with E-state index in [1.807, 2.05) is 18.2 Å². The Morgan fingerprint density at radius 1 is 1.00 bits per heavy atom. The lowest BCUT2D eigenvalue weighted by Gasteiger charge is -2.20. The maximum Gasteiger partial charge on any atom is 0.262 e. The number of hydrogen-bond donors (Lipinski definition) is 2. The summed E-state index contributed by atoms with van der Waals surface area (Å²) in [5.74, 6) is 0.277. The number of ether oxygens (including phenoxy) is 1.